The average molecular weight is 356 g/mol. The number of halogens is 1. The zero-order chi connectivity index (χ0) is 17.8. The number of pyridine rings is 1. The third-order valence-corrected chi connectivity index (χ3v) is 4.61. The molecule has 2 aromatic heterocycles. The molecule has 25 heavy (non-hydrogen) atoms. The standard InChI is InChI=1S/C18H17FN4OS/c1-11-3-5-13(6-4-11)9-21-17(24)16-12(2)22-18(25-16)23-15-8-7-14(19)10-20-15/h3-8,10H,9H2,1-2H3,(H,21,24)(H,20,22,23). The highest BCUT2D eigenvalue weighted by Gasteiger charge is 2.15. The van der Waals surface area contributed by atoms with Crippen molar-refractivity contribution in [3.8, 4) is 0 Å². The van der Waals surface area contributed by atoms with E-state index >= 15 is 0 Å². The van der Waals surface area contributed by atoms with Gasteiger partial charge in [0.15, 0.2) is 5.13 Å². The van der Waals surface area contributed by atoms with Crippen molar-refractivity contribution in [2.45, 2.75) is 20.4 Å². The van der Waals surface area contributed by atoms with Gasteiger partial charge in [-0.1, -0.05) is 41.2 Å². The van der Waals surface area contributed by atoms with E-state index in [-0.39, 0.29) is 5.91 Å². The molecule has 0 aliphatic carbocycles. The second kappa shape index (κ2) is 7.40. The number of anilines is 2. The van der Waals surface area contributed by atoms with Gasteiger partial charge in [-0.25, -0.2) is 14.4 Å². The van der Waals surface area contributed by atoms with E-state index in [0.29, 0.717) is 28.1 Å². The van der Waals surface area contributed by atoms with Crippen LogP contribution in [0.5, 0.6) is 0 Å². The fourth-order valence-electron chi connectivity index (χ4n) is 2.19. The number of rotatable bonds is 5. The fourth-order valence-corrected chi connectivity index (χ4v) is 3.08. The van der Waals surface area contributed by atoms with Gasteiger partial charge in [-0.3, -0.25) is 4.79 Å². The van der Waals surface area contributed by atoms with Crippen LogP contribution in [0, 0.1) is 19.7 Å². The molecule has 2 N–H and O–H groups in total. The van der Waals surface area contributed by atoms with Crippen LogP contribution in [0.15, 0.2) is 42.6 Å². The van der Waals surface area contributed by atoms with Crippen molar-refractivity contribution >= 4 is 28.2 Å². The number of hydrogen-bond donors (Lipinski definition) is 2. The molecule has 5 nitrogen and oxygen atoms in total. The van der Waals surface area contributed by atoms with Crippen LogP contribution < -0.4 is 10.6 Å². The van der Waals surface area contributed by atoms with Crippen LogP contribution in [0.4, 0.5) is 15.3 Å². The molecule has 7 heteroatoms. The van der Waals surface area contributed by atoms with E-state index in [1.807, 2.05) is 31.2 Å². The lowest BCUT2D eigenvalue weighted by molar-refractivity contribution is 0.0954. The van der Waals surface area contributed by atoms with Crippen LogP contribution in [-0.2, 0) is 6.54 Å². The Morgan fingerprint density at radius 3 is 2.60 bits per heavy atom. The summed E-state index contributed by atoms with van der Waals surface area (Å²) < 4.78 is 12.9. The Kier molecular flexibility index (Phi) is 5.04. The largest absolute Gasteiger partial charge is 0.347 e. The smallest absolute Gasteiger partial charge is 0.263 e. The summed E-state index contributed by atoms with van der Waals surface area (Å²) in [6, 6.07) is 10.8. The van der Waals surface area contributed by atoms with E-state index < -0.39 is 5.82 Å². The molecular weight excluding hydrogens is 339 g/mol. The third-order valence-electron chi connectivity index (χ3n) is 3.54. The van der Waals surface area contributed by atoms with E-state index in [1.165, 1.54) is 29.0 Å². The number of hydrogen-bond acceptors (Lipinski definition) is 5. The lowest BCUT2D eigenvalue weighted by atomic mass is 10.1. The molecular formula is C18H17FN4OS. The van der Waals surface area contributed by atoms with Crippen molar-refractivity contribution in [1.29, 1.82) is 0 Å². The van der Waals surface area contributed by atoms with Crippen molar-refractivity contribution in [2.75, 3.05) is 5.32 Å². The third kappa shape index (κ3) is 4.39. The van der Waals surface area contributed by atoms with Gasteiger partial charge in [-0.15, -0.1) is 0 Å². The molecule has 0 bridgehead atoms. The summed E-state index contributed by atoms with van der Waals surface area (Å²) in [5, 5.41) is 6.41. The first-order chi connectivity index (χ1) is 12.0. The maximum absolute atomic E-state index is 12.9. The molecule has 2 heterocycles. The summed E-state index contributed by atoms with van der Waals surface area (Å²) >= 11 is 1.24. The quantitative estimate of drug-likeness (QED) is 0.726. The van der Waals surface area contributed by atoms with E-state index in [2.05, 4.69) is 20.6 Å². The van der Waals surface area contributed by atoms with Gasteiger partial charge in [0.05, 0.1) is 11.9 Å². The number of aromatic nitrogens is 2. The van der Waals surface area contributed by atoms with Crippen LogP contribution in [-0.4, -0.2) is 15.9 Å². The summed E-state index contributed by atoms with van der Waals surface area (Å²) in [4.78, 5) is 21.2. The van der Waals surface area contributed by atoms with Gasteiger partial charge in [0.1, 0.15) is 16.5 Å². The molecule has 0 saturated heterocycles. The Labute approximate surface area is 149 Å². The monoisotopic (exact) mass is 356 g/mol. The first kappa shape index (κ1) is 17.0. The van der Waals surface area contributed by atoms with Crippen LogP contribution in [0.25, 0.3) is 0 Å². The molecule has 0 aliphatic rings. The minimum Gasteiger partial charge on any atom is -0.347 e. The molecule has 3 aromatic rings. The number of aryl methyl sites for hydroxylation is 2. The number of carbonyl (C=O) groups excluding carboxylic acids is 1. The van der Waals surface area contributed by atoms with Crippen molar-refractivity contribution in [1.82, 2.24) is 15.3 Å². The Hall–Kier alpha value is -2.80. The number of carbonyl (C=O) groups is 1. The molecule has 128 valence electrons. The van der Waals surface area contributed by atoms with Crippen LogP contribution >= 0.6 is 11.3 Å². The molecule has 1 amide bonds. The highest BCUT2D eigenvalue weighted by atomic mass is 32.1. The molecule has 0 radical (unpaired) electrons. The summed E-state index contributed by atoms with van der Waals surface area (Å²) in [6.07, 6.45) is 1.12. The van der Waals surface area contributed by atoms with Crippen molar-refractivity contribution < 1.29 is 9.18 Å². The summed E-state index contributed by atoms with van der Waals surface area (Å²) in [7, 11) is 0. The number of thiazole rings is 1. The molecule has 0 fully saturated rings. The SMILES string of the molecule is Cc1ccc(CNC(=O)c2sc(Nc3ccc(F)cn3)nc2C)cc1. The maximum atomic E-state index is 12.9. The van der Waals surface area contributed by atoms with Gasteiger partial charge in [0.2, 0.25) is 0 Å². The topological polar surface area (TPSA) is 66.9 Å². The van der Waals surface area contributed by atoms with Gasteiger partial charge in [-0.05, 0) is 31.5 Å². The average Bonchev–Trinajstić information content (AvgIpc) is 2.96. The van der Waals surface area contributed by atoms with Crippen molar-refractivity contribution in [3.05, 3.63) is 70.1 Å². The Morgan fingerprint density at radius 1 is 1.16 bits per heavy atom. The summed E-state index contributed by atoms with van der Waals surface area (Å²) in [5.74, 6) is -0.102. The first-order valence-electron chi connectivity index (χ1n) is 7.71. The minimum absolute atomic E-state index is 0.171. The summed E-state index contributed by atoms with van der Waals surface area (Å²) in [6.45, 7) is 4.26. The number of benzene rings is 1. The zero-order valence-electron chi connectivity index (χ0n) is 13.8. The minimum atomic E-state index is -0.406. The molecule has 0 saturated carbocycles. The van der Waals surface area contributed by atoms with Gasteiger partial charge < -0.3 is 10.6 Å². The number of nitrogens with one attached hydrogen (secondary N) is 2. The highest BCUT2D eigenvalue weighted by molar-refractivity contribution is 7.17. The van der Waals surface area contributed by atoms with E-state index in [4.69, 9.17) is 0 Å². The van der Waals surface area contributed by atoms with Gasteiger partial charge in [0.25, 0.3) is 5.91 Å². The second-order valence-corrected chi connectivity index (χ2v) is 6.59. The van der Waals surface area contributed by atoms with E-state index in [0.717, 1.165) is 11.8 Å². The Morgan fingerprint density at radius 2 is 1.92 bits per heavy atom. The molecule has 1 aromatic carbocycles. The van der Waals surface area contributed by atoms with Crippen molar-refractivity contribution in [3.63, 3.8) is 0 Å². The van der Waals surface area contributed by atoms with E-state index in [1.54, 1.807) is 6.92 Å². The number of nitrogens with zero attached hydrogens (tertiary/aromatic N) is 2. The lowest BCUT2D eigenvalue weighted by Crippen LogP contribution is -2.22. The number of amides is 1. The fraction of sp³-hybridized carbons (Fsp3) is 0.167. The normalized spacial score (nSPS) is 10.5. The molecule has 0 spiro atoms. The van der Waals surface area contributed by atoms with Crippen LogP contribution in [0.2, 0.25) is 0 Å². The Balaban J connectivity index is 1.65. The lowest BCUT2D eigenvalue weighted by Gasteiger charge is -2.04. The van der Waals surface area contributed by atoms with E-state index in [9.17, 15) is 9.18 Å². The molecule has 0 unspecified atom stereocenters. The van der Waals surface area contributed by atoms with Gasteiger partial charge in [0, 0.05) is 6.54 Å². The van der Waals surface area contributed by atoms with Gasteiger partial charge >= 0.3 is 0 Å². The zero-order valence-corrected chi connectivity index (χ0v) is 14.7. The second-order valence-electron chi connectivity index (χ2n) is 5.59. The first-order valence-corrected chi connectivity index (χ1v) is 8.52. The molecule has 0 aliphatic heterocycles. The molecule has 3 rings (SSSR count). The van der Waals surface area contributed by atoms with Gasteiger partial charge in [-0.2, -0.15) is 0 Å². The van der Waals surface area contributed by atoms with Crippen LogP contribution in [0.3, 0.4) is 0 Å². The summed E-state index contributed by atoms with van der Waals surface area (Å²) in [5.41, 5.74) is 2.85. The predicted octanol–water partition coefficient (Wildman–Crippen LogP) is 3.97. The predicted molar refractivity (Wildman–Crippen MR) is 96.7 cm³/mol. The molecule has 0 atom stereocenters. The Bertz CT molecular complexity index is 875. The van der Waals surface area contributed by atoms with Crippen LogP contribution in [0.1, 0.15) is 26.5 Å². The highest BCUT2D eigenvalue weighted by Crippen LogP contribution is 2.25. The maximum Gasteiger partial charge on any atom is 0.263 e. The van der Waals surface area contributed by atoms with Crippen molar-refractivity contribution in [2.24, 2.45) is 0 Å².